The van der Waals surface area contributed by atoms with Gasteiger partial charge in [0.15, 0.2) is 21.3 Å². The van der Waals surface area contributed by atoms with Gasteiger partial charge in [-0.2, -0.15) is 0 Å². The van der Waals surface area contributed by atoms with Crippen LogP contribution in [0.3, 0.4) is 0 Å². The maximum Gasteiger partial charge on any atom is 0.266 e. The largest absolute Gasteiger partial charge is 0.504 e. The molecule has 1 aromatic rings. The highest BCUT2D eigenvalue weighted by Crippen LogP contribution is 2.37. The summed E-state index contributed by atoms with van der Waals surface area (Å²) in [5.41, 5.74) is 0.684. The van der Waals surface area contributed by atoms with Crippen molar-refractivity contribution in [2.24, 2.45) is 0 Å². The third kappa shape index (κ3) is 3.28. The third-order valence-electron chi connectivity index (χ3n) is 3.90. The lowest BCUT2D eigenvalue weighted by molar-refractivity contribution is -0.123. The second-order valence-corrected chi connectivity index (χ2v) is 9.44. The van der Waals surface area contributed by atoms with Crippen LogP contribution in [0.15, 0.2) is 23.1 Å². The minimum atomic E-state index is -3.10. The Balaban J connectivity index is 1.86. The predicted octanol–water partition coefficient (Wildman–Crippen LogP) is 1.79. The standard InChI is InChI=1S/C15H15NO5S3/c1-21-12-6-9(2-3-11(12)17)7-13-14(18)16(15(22)23-13)10-4-5-24(19,20)8-10/h2-3,6-7,10,17H,4-5,8H2,1H3/b13-7+/t10-/m0/s1. The number of hydrogen-bond acceptors (Lipinski definition) is 7. The van der Waals surface area contributed by atoms with Crippen molar-refractivity contribution in [3.05, 3.63) is 28.7 Å². The van der Waals surface area contributed by atoms with Crippen LogP contribution >= 0.6 is 24.0 Å². The Morgan fingerprint density at radius 3 is 2.83 bits per heavy atom. The number of amides is 1. The zero-order valence-corrected chi connectivity index (χ0v) is 15.2. The minimum Gasteiger partial charge on any atom is -0.504 e. The Labute approximate surface area is 149 Å². The van der Waals surface area contributed by atoms with Crippen LogP contribution < -0.4 is 4.74 Å². The van der Waals surface area contributed by atoms with Crippen molar-refractivity contribution in [1.29, 1.82) is 0 Å². The van der Waals surface area contributed by atoms with E-state index in [0.29, 0.717) is 27.0 Å². The molecule has 1 aromatic carbocycles. The summed E-state index contributed by atoms with van der Waals surface area (Å²) >= 11 is 6.41. The minimum absolute atomic E-state index is 0.0124. The summed E-state index contributed by atoms with van der Waals surface area (Å²) in [4.78, 5) is 14.5. The van der Waals surface area contributed by atoms with E-state index in [1.165, 1.54) is 18.1 Å². The van der Waals surface area contributed by atoms with Gasteiger partial charge in [0, 0.05) is 0 Å². The second kappa shape index (κ2) is 6.38. The number of benzene rings is 1. The van der Waals surface area contributed by atoms with Gasteiger partial charge in [-0.1, -0.05) is 30.0 Å². The molecule has 0 aromatic heterocycles. The molecule has 0 saturated carbocycles. The molecular weight excluding hydrogens is 370 g/mol. The number of phenols is 1. The van der Waals surface area contributed by atoms with Crippen LogP contribution in [0.5, 0.6) is 11.5 Å². The Morgan fingerprint density at radius 1 is 1.46 bits per heavy atom. The lowest BCUT2D eigenvalue weighted by Gasteiger charge is -2.20. The molecular formula is C15H15NO5S3. The fourth-order valence-corrected chi connectivity index (χ4v) is 5.81. The van der Waals surface area contributed by atoms with Crippen molar-refractivity contribution < 1.29 is 23.1 Å². The molecule has 0 bridgehead atoms. The van der Waals surface area contributed by atoms with Crippen LogP contribution in [-0.4, -0.2) is 53.3 Å². The van der Waals surface area contributed by atoms with E-state index in [1.54, 1.807) is 18.2 Å². The first kappa shape index (κ1) is 17.2. The van der Waals surface area contributed by atoms with Gasteiger partial charge in [-0.25, -0.2) is 8.42 Å². The van der Waals surface area contributed by atoms with Crippen LogP contribution in [0.25, 0.3) is 6.08 Å². The van der Waals surface area contributed by atoms with Crippen LogP contribution in [0.4, 0.5) is 0 Å². The average Bonchev–Trinajstić information content (AvgIpc) is 3.00. The first-order valence-electron chi connectivity index (χ1n) is 7.15. The summed E-state index contributed by atoms with van der Waals surface area (Å²) in [6, 6.07) is 4.36. The van der Waals surface area contributed by atoms with Crippen molar-refractivity contribution in [3.8, 4) is 11.5 Å². The number of thiocarbonyl (C=S) groups is 1. The van der Waals surface area contributed by atoms with Gasteiger partial charge in [0.05, 0.1) is 29.6 Å². The molecule has 0 unspecified atom stereocenters. The number of ether oxygens (including phenoxy) is 1. The highest BCUT2D eigenvalue weighted by molar-refractivity contribution is 8.26. The van der Waals surface area contributed by atoms with Gasteiger partial charge in [0.2, 0.25) is 0 Å². The third-order valence-corrected chi connectivity index (χ3v) is 6.98. The Hall–Kier alpha value is -1.58. The molecule has 128 valence electrons. The molecule has 0 aliphatic carbocycles. The number of nitrogens with zero attached hydrogens (tertiary/aromatic N) is 1. The van der Waals surface area contributed by atoms with Crippen molar-refractivity contribution in [3.63, 3.8) is 0 Å². The van der Waals surface area contributed by atoms with Gasteiger partial charge < -0.3 is 9.84 Å². The topological polar surface area (TPSA) is 83.9 Å². The van der Waals surface area contributed by atoms with Gasteiger partial charge in [0.25, 0.3) is 5.91 Å². The zero-order chi connectivity index (χ0) is 17.5. The predicted molar refractivity (Wildman–Crippen MR) is 96.7 cm³/mol. The number of carbonyl (C=O) groups is 1. The monoisotopic (exact) mass is 385 g/mol. The Bertz CT molecular complexity index is 847. The van der Waals surface area contributed by atoms with Crippen molar-refractivity contribution >= 4 is 50.1 Å². The summed E-state index contributed by atoms with van der Waals surface area (Å²) in [5, 5.41) is 9.62. The number of carbonyl (C=O) groups excluding carboxylic acids is 1. The van der Waals surface area contributed by atoms with Crippen molar-refractivity contribution in [2.45, 2.75) is 12.5 Å². The van der Waals surface area contributed by atoms with Gasteiger partial charge in [0.1, 0.15) is 4.32 Å². The number of thioether (sulfide) groups is 1. The van der Waals surface area contributed by atoms with E-state index < -0.39 is 9.84 Å². The van der Waals surface area contributed by atoms with Gasteiger partial charge >= 0.3 is 0 Å². The van der Waals surface area contributed by atoms with Crippen LogP contribution in [0.2, 0.25) is 0 Å². The molecule has 2 fully saturated rings. The number of phenolic OH excluding ortho intramolecular Hbond substituents is 1. The summed E-state index contributed by atoms with van der Waals surface area (Å²) in [5.74, 6) is 0.0847. The zero-order valence-electron chi connectivity index (χ0n) is 12.8. The molecule has 2 aliphatic heterocycles. The van der Waals surface area contributed by atoms with Crippen LogP contribution in [0, 0.1) is 0 Å². The highest BCUT2D eigenvalue weighted by Gasteiger charge is 2.42. The van der Waals surface area contributed by atoms with E-state index in [-0.39, 0.29) is 29.2 Å². The van der Waals surface area contributed by atoms with Gasteiger partial charge in [-0.3, -0.25) is 9.69 Å². The number of rotatable bonds is 3. The molecule has 2 aliphatic rings. The molecule has 2 heterocycles. The molecule has 24 heavy (non-hydrogen) atoms. The first-order valence-corrected chi connectivity index (χ1v) is 10.2. The number of aromatic hydroxyl groups is 1. The van der Waals surface area contributed by atoms with E-state index in [1.807, 2.05) is 0 Å². The summed E-state index contributed by atoms with van der Waals surface area (Å²) in [7, 11) is -1.65. The number of sulfone groups is 1. The van der Waals surface area contributed by atoms with E-state index in [0.717, 1.165) is 11.8 Å². The average molecular weight is 385 g/mol. The second-order valence-electron chi connectivity index (χ2n) is 5.54. The highest BCUT2D eigenvalue weighted by atomic mass is 32.2. The van der Waals surface area contributed by atoms with Gasteiger partial charge in [-0.05, 0) is 30.2 Å². The van der Waals surface area contributed by atoms with E-state index in [4.69, 9.17) is 17.0 Å². The van der Waals surface area contributed by atoms with Gasteiger partial charge in [-0.15, -0.1) is 0 Å². The van der Waals surface area contributed by atoms with Crippen molar-refractivity contribution in [2.75, 3.05) is 18.6 Å². The Kier molecular flexibility index (Phi) is 4.58. The summed E-state index contributed by atoms with van der Waals surface area (Å²) < 4.78 is 28.7. The Morgan fingerprint density at radius 2 is 2.21 bits per heavy atom. The quantitative estimate of drug-likeness (QED) is 0.627. The first-order chi connectivity index (χ1) is 11.3. The summed E-state index contributed by atoms with van der Waals surface area (Å²) in [6.07, 6.45) is 2.07. The molecule has 1 amide bonds. The molecule has 1 atom stereocenters. The molecule has 3 rings (SSSR count). The molecule has 0 radical (unpaired) electrons. The van der Waals surface area contributed by atoms with E-state index >= 15 is 0 Å². The molecule has 1 N–H and O–H groups in total. The lowest BCUT2D eigenvalue weighted by atomic mass is 10.1. The fourth-order valence-electron chi connectivity index (χ4n) is 2.71. The fraction of sp³-hybridized carbons (Fsp3) is 0.333. The summed E-state index contributed by atoms with van der Waals surface area (Å²) in [6.45, 7) is 0. The number of hydrogen-bond donors (Lipinski definition) is 1. The van der Waals surface area contributed by atoms with Crippen molar-refractivity contribution in [1.82, 2.24) is 4.90 Å². The number of methoxy groups -OCH3 is 1. The molecule has 6 nitrogen and oxygen atoms in total. The smallest absolute Gasteiger partial charge is 0.266 e. The molecule has 2 saturated heterocycles. The van der Waals surface area contributed by atoms with E-state index in [2.05, 4.69) is 0 Å². The van der Waals surface area contributed by atoms with Crippen LogP contribution in [0.1, 0.15) is 12.0 Å². The van der Waals surface area contributed by atoms with E-state index in [9.17, 15) is 18.3 Å². The SMILES string of the molecule is COc1cc(/C=C2/SC(=S)N([C@H]3CCS(=O)(=O)C3)C2=O)ccc1O. The maximum atomic E-state index is 12.6. The lowest BCUT2D eigenvalue weighted by Crippen LogP contribution is -2.39. The maximum absolute atomic E-state index is 12.6. The van der Waals surface area contributed by atoms with Crippen LogP contribution in [-0.2, 0) is 14.6 Å². The molecule has 0 spiro atoms. The molecule has 9 heteroatoms. The normalized spacial score (nSPS) is 24.8.